The lowest BCUT2D eigenvalue weighted by atomic mass is 9.83. The monoisotopic (exact) mass is 421 g/mol. The Labute approximate surface area is 167 Å². The van der Waals surface area contributed by atoms with Gasteiger partial charge in [0.1, 0.15) is 0 Å². The number of nitrogens with one attached hydrogen (secondary N) is 1. The average Bonchev–Trinajstić information content (AvgIpc) is 2.58. The van der Waals surface area contributed by atoms with Crippen molar-refractivity contribution in [3.63, 3.8) is 0 Å². The van der Waals surface area contributed by atoms with Gasteiger partial charge in [-0.3, -0.25) is 10.1 Å². The number of hydrogen-bond donors (Lipinski definition) is 3. The summed E-state index contributed by atoms with van der Waals surface area (Å²) >= 11 is 0. The van der Waals surface area contributed by atoms with Gasteiger partial charge in [0.2, 0.25) is 0 Å². The van der Waals surface area contributed by atoms with E-state index in [1.54, 1.807) is 27.7 Å². The van der Waals surface area contributed by atoms with Crippen LogP contribution in [0, 0.1) is 17.8 Å². The molecule has 0 saturated heterocycles. The van der Waals surface area contributed by atoms with Gasteiger partial charge in [-0.1, -0.05) is 33.3 Å². The zero-order chi connectivity index (χ0) is 21.3. The first-order valence-electron chi connectivity index (χ1n) is 9.76. The molecule has 2 unspecified atom stereocenters. The zero-order valence-electron chi connectivity index (χ0n) is 17.1. The molecule has 3 atom stereocenters. The van der Waals surface area contributed by atoms with Crippen LogP contribution in [0.5, 0.6) is 0 Å². The summed E-state index contributed by atoms with van der Waals surface area (Å²) in [5, 5.41) is 2.14. The number of amides is 1. The molecule has 9 heteroatoms. The summed E-state index contributed by atoms with van der Waals surface area (Å²) in [4.78, 5) is 41.8. The number of carbonyl (C=O) groups excluding carboxylic acids is 2. The van der Waals surface area contributed by atoms with Crippen molar-refractivity contribution in [3.05, 3.63) is 11.4 Å². The average molecular weight is 421 g/mol. The maximum absolute atomic E-state index is 14.1. The Balaban J connectivity index is 2.41. The van der Waals surface area contributed by atoms with Crippen LogP contribution in [-0.4, -0.2) is 34.4 Å². The normalized spacial score (nSPS) is 21.1. The predicted molar refractivity (Wildman–Crippen MR) is 105 cm³/mol. The summed E-state index contributed by atoms with van der Waals surface area (Å²) in [6.07, 6.45) is 0.555. The topological polar surface area (TPSA) is 105 Å². The summed E-state index contributed by atoms with van der Waals surface area (Å²) < 4.78 is 24.3. The molecule has 1 fully saturated rings. The Kier molecular flexibility index (Phi) is 10.9. The standard InChI is InChI=1S/C19H33FNO6P/c1-12(2)17(22)26-18(13(3)4)27-19(23)21-16(20)9-8-14-6-5-7-15(10-14)11-28(24)25/h11-14,16,18,24-25H,5-10H2,1-4H3,(H,21,23)/t14?,16?,18-/m0/s1. The first kappa shape index (κ1) is 24.8. The van der Waals surface area contributed by atoms with E-state index < -0.39 is 33.0 Å². The minimum Gasteiger partial charge on any atom is -0.425 e. The Hall–Kier alpha value is -1.24. The van der Waals surface area contributed by atoms with Gasteiger partial charge < -0.3 is 19.3 Å². The second-order valence-corrected chi connectivity index (χ2v) is 8.77. The highest BCUT2D eigenvalue weighted by Crippen LogP contribution is 2.37. The molecule has 1 aliphatic carbocycles. The molecule has 0 radical (unpaired) electrons. The molecule has 0 aliphatic heterocycles. The summed E-state index contributed by atoms with van der Waals surface area (Å²) in [7, 11) is -2.05. The summed E-state index contributed by atoms with van der Waals surface area (Å²) in [6, 6.07) is 0. The third-order valence-corrected chi connectivity index (χ3v) is 5.13. The van der Waals surface area contributed by atoms with Crippen molar-refractivity contribution in [1.82, 2.24) is 5.32 Å². The minimum absolute atomic E-state index is 0.137. The second-order valence-electron chi connectivity index (χ2n) is 7.87. The molecule has 1 rings (SSSR count). The largest absolute Gasteiger partial charge is 0.425 e. The van der Waals surface area contributed by atoms with E-state index in [1.165, 1.54) is 5.82 Å². The fraction of sp³-hybridized carbons (Fsp3) is 0.789. The molecule has 0 bridgehead atoms. The number of alkyl halides is 1. The van der Waals surface area contributed by atoms with Gasteiger partial charge in [0.15, 0.2) is 14.7 Å². The van der Waals surface area contributed by atoms with Gasteiger partial charge in [-0.2, -0.15) is 0 Å². The van der Waals surface area contributed by atoms with E-state index in [2.05, 4.69) is 5.32 Å². The Morgan fingerprint density at radius 1 is 1.29 bits per heavy atom. The van der Waals surface area contributed by atoms with E-state index in [1.807, 2.05) is 0 Å². The van der Waals surface area contributed by atoms with Gasteiger partial charge in [0.25, 0.3) is 6.29 Å². The van der Waals surface area contributed by atoms with E-state index in [4.69, 9.17) is 19.3 Å². The Morgan fingerprint density at radius 3 is 2.54 bits per heavy atom. The number of alkyl carbamates (subject to hydrolysis) is 1. The maximum atomic E-state index is 14.1. The molecule has 0 spiro atoms. The van der Waals surface area contributed by atoms with Crippen LogP contribution >= 0.6 is 8.38 Å². The summed E-state index contributed by atoms with van der Waals surface area (Å²) in [6.45, 7) is 6.81. The van der Waals surface area contributed by atoms with E-state index in [9.17, 15) is 14.0 Å². The number of carbonyl (C=O) groups is 2. The fourth-order valence-corrected chi connectivity index (χ4v) is 3.55. The van der Waals surface area contributed by atoms with Crippen molar-refractivity contribution in [2.24, 2.45) is 17.8 Å². The van der Waals surface area contributed by atoms with Gasteiger partial charge in [0.05, 0.1) is 5.92 Å². The van der Waals surface area contributed by atoms with Gasteiger partial charge >= 0.3 is 12.1 Å². The van der Waals surface area contributed by atoms with E-state index in [0.29, 0.717) is 6.42 Å². The molecule has 0 heterocycles. The molecular weight excluding hydrogens is 388 g/mol. The summed E-state index contributed by atoms with van der Waals surface area (Å²) in [5.74, 6) is 0.640. The number of esters is 1. The molecular formula is C19H33FNO6P. The lowest BCUT2D eigenvalue weighted by Crippen LogP contribution is -2.38. The highest BCUT2D eigenvalue weighted by Gasteiger charge is 2.26. The van der Waals surface area contributed by atoms with Crippen LogP contribution in [0.3, 0.4) is 0 Å². The molecule has 0 aromatic carbocycles. The van der Waals surface area contributed by atoms with Crippen molar-refractivity contribution < 1.29 is 33.2 Å². The minimum atomic E-state index is -2.05. The van der Waals surface area contributed by atoms with Crippen molar-refractivity contribution in [2.45, 2.75) is 78.8 Å². The van der Waals surface area contributed by atoms with Crippen molar-refractivity contribution in [1.29, 1.82) is 0 Å². The quantitative estimate of drug-likeness (QED) is 0.221. The molecule has 1 saturated carbocycles. The van der Waals surface area contributed by atoms with Crippen molar-refractivity contribution in [2.75, 3.05) is 0 Å². The zero-order valence-corrected chi connectivity index (χ0v) is 18.0. The molecule has 162 valence electrons. The molecule has 28 heavy (non-hydrogen) atoms. The number of ether oxygens (including phenoxy) is 2. The Bertz CT molecular complexity index is 541. The molecule has 0 aromatic rings. The van der Waals surface area contributed by atoms with Crippen LogP contribution in [0.15, 0.2) is 11.4 Å². The molecule has 0 aromatic heterocycles. The SMILES string of the molecule is CC(C)C(=O)O[C@@H](OC(=O)NC(F)CCC1CCCC(=CP(O)O)C1)C(C)C. The highest BCUT2D eigenvalue weighted by atomic mass is 31.2. The molecule has 3 N–H and O–H groups in total. The number of allylic oxidation sites excluding steroid dienone is 1. The number of halogens is 1. The lowest BCUT2D eigenvalue weighted by Gasteiger charge is -2.25. The van der Waals surface area contributed by atoms with Crippen LogP contribution in [0.2, 0.25) is 0 Å². The second kappa shape index (κ2) is 12.3. The first-order chi connectivity index (χ1) is 13.1. The third-order valence-electron chi connectivity index (χ3n) is 4.53. The summed E-state index contributed by atoms with van der Waals surface area (Å²) in [5.41, 5.74) is 1.00. The highest BCUT2D eigenvalue weighted by molar-refractivity contribution is 7.48. The van der Waals surface area contributed by atoms with Gasteiger partial charge in [-0.05, 0) is 50.3 Å². The molecule has 1 aliphatic rings. The van der Waals surface area contributed by atoms with E-state index in [0.717, 1.165) is 31.3 Å². The van der Waals surface area contributed by atoms with Crippen LogP contribution < -0.4 is 5.32 Å². The van der Waals surface area contributed by atoms with Gasteiger partial charge in [-0.15, -0.1) is 0 Å². The van der Waals surface area contributed by atoms with Crippen molar-refractivity contribution in [3.8, 4) is 0 Å². The maximum Gasteiger partial charge on any atom is 0.412 e. The third kappa shape index (κ3) is 9.80. The fourth-order valence-electron chi connectivity index (χ4n) is 2.99. The van der Waals surface area contributed by atoms with Crippen molar-refractivity contribution >= 4 is 20.4 Å². The lowest BCUT2D eigenvalue weighted by molar-refractivity contribution is -0.178. The first-order valence-corrected chi connectivity index (χ1v) is 11.1. The van der Waals surface area contributed by atoms with Crippen LogP contribution in [-0.2, 0) is 14.3 Å². The van der Waals surface area contributed by atoms with E-state index in [-0.39, 0.29) is 24.2 Å². The molecule has 7 nitrogen and oxygen atoms in total. The van der Waals surface area contributed by atoms with Gasteiger partial charge in [0, 0.05) is 5.92 Å². The Morgan fingerprint density at radius 2 is 1.96 bits per heavy atom. The van der Waals surface area contributed by atoms with Crippen LogP contribution in [0.4, 0.5) is 9.18 Å². The molecule has 1 amide bonds. The number of rotatable bonds is 9. The predicted octanol–water partition coefficient (Wildman–Crippen LogP) is 4.34. The van der Waals surface area contributed by atoms with Crippen LogP contribution in [0.1, 0.15) is 66.2 Å². The van der Waals surface area contributed by atoms with Crippen LogP contribution in [0.25, 0.3) is 0 Å². The smallest absolute Gasteiger partial charge is 0.412 e. The number of hydrogen-bond acceptors (Lipinski definition) is 6. The van der Waals surface area contributed by atoms with Gasteiger partial charge in [-0.25, -0.2) is 9.18 Å². The van der Waals surface area contributed by atoms with E-state index >= 15 is 0 Å².